The van der Waals surface area contributed by atoms with E-state index >= 15 is 0 Å². The van der Waals surface area contributed by atoms with Gasteiger partial charge in [0.2, 0.25) is 0 Å². The Kier molecular flexibility index (Phi) is 4.71. The van der Waals surface area contributed by atoms with Crippen LogP contribution in [-0.2, 0) is 4.74 Å². The van der Waals surface area contributed by atoms with Crippen molar-refractivity contribution in [3.05, 3.63) is 0 Å². The van der Waals surface area contributed by atoms with Crippen LogP contribution in [0.25, 0.3) is 0 Å². The van der Waals surface area contributed by atoms with Crippen molar-refractivity contribution in [3.63, 3.8) is 0 Å². The van der Waals surface area contributed by atoms with Gasteiger partial charge in [0, 0.05) is 12.0 Å². The standard InChI is InChI=1S/C16H31NO/c1-5-13-6-8-14(9-7-13)16(17)15-10(2)11(3)18-12(15)4/h10-16H,5-9,17H2,1-4H3. The van der Waals surface area contributed by atoms with E-state index in [0.717, 1.165) is 11.8 Å². The van der Waals surface area contributed by atoms with E-state index in [9.17, 15) is 0 Å². The molecule has 0 aromatic heterocycles. The van der Waals surface area contributed by atoms with Crippen LogP contribution in [0.5, 0.6) is 0 Å². The van der Waals surface area contributed by atoms with Crippen molar-refractivity contribution in [1.82, 2.24) is 0 Å². The lowest BCUT2D eigenvalue weighted by Crippen LogP contribution is -2.44. The van der Waals surface area contributed by atoms with Crippen molar-refractivity contribution in [2.45, 2.75) is 78.0 Å². The Hall–Kier alpha value is -0.0800. The van der Waals surface area contributed by atoms with E-state index in [4.69, 9.17) is 10.5 Å². The number of hydrogen-bond donors (Lipinski definition) is 1. The van der Waals surface area contributed by atoms with Crippen LogP contribution in [0.3, 0.4) is 0 Å². The molecule has 0 amide bonds. The van der Waals surface area contributed by atoms with Gasteiger partial charge in [0.05, 0.1) is 12.2 Å². The molecule has 0 bridgehead atoms. The molecule has 1 saturated carbocycles. The van der Waals surface area contributed by atoms with Crippen LogP contribution in [0.15, 0.2) is 0 Å². The van der Waals surface area contributed by atoms with Gasteiger partial charge in [0.25, 0.3) is 0 Å². The monoisotopic (exact) mass is 253 g/mol. The minimum Gasteiger partial charge on any atom is -0.375 e. The smallest absolute Gasteiger partial charge is 0.0597 e. The number of rotatable bonds is 3. The van der Waals surface area contributed by atoms with Gasteiger partial charge in [-0.05, 0) is 44.4 Å². The van der Waals surface area contributed by atoms with Crippen LogP contribution in [-0.4, -0.2) is 18.2 Å². The molecule has 1 aliphatic heterocycles. The zero-order chi connectivity index (χ0) is 13.3. The first-order chi connectivity index (χ1) is 8.54. The summed E-state index contributed by atoms with van der Waals surface area (Å²) in [6.07, 6.45) is 7.52. The van der Waals surface area contributed by atoms with Gasteiger partial charge in [-0.1, -0.05) is 33.1 Å². The summed E-state index contributed by atoms with van der Waals surface area (Å²) in [5, 5.41) is 0. The summed E-state index contributed by atoms with van der Waals surface area (Å²) < 4.78 is 5.96. The van der Waals surface area contributed by atoms with Crippen LogP contribution in [0.4, 0.5) is 0 Å². The molecular weight excluding hydrogens is 222 g/mol. The summed E-state index contributed by atoms with van der Waals surface area (Å²) in [7, 11) is 0. The second-order valence-corrected chi connectivity index (χ2v) is 6.75. The van der Waals surface area contributed by atoms with Gasteiger partial charge in [-0.2, -0.15) is 0 Å². The maximum Gasteiger partial charge on any atom is 0.0597 e. The van der Waals surface area contributed by atoms with E-state index in [-0.39, 0.29) is 0 Å². The SMILES string of the molecule is CCC1CCC(C(N)C2C(C)OC(C)C2C)CC1. The van der Waals surface area contributed by atoms with Crippen molar-refractivity contribution in [1.29, 1.82) is 0 Å². The fourth-order valence-corrected chi connectivity index (χ4v) is 4.25. The van der Waals surface area contributed by atoms with Gasteiger partial charge in [-0.15, -0.1) is 0 Å². The predicted octanol–water partition coefficient (Wildman–Crippen LogP) is 3.59. The molecule has 1 aliphatic carbocycles. The lowest BCUT2D eigenvalue weighted by molar-refractivity contribution is 0.0449. The maximum atomic E-state index is 6.60. The molecule has 0 radical (unpaired) electrons. The molecule has 0 spiro atoms. The van der Waals surface area contributed by atoms with Crippen molar-refractivity contribution < 1.29 is 4.74 Å². The van der Waals surface area contributed by atoms with E-state index in [0.29, 0.717) is 30.1 Å². The summed E-state index contributed by atoms with van der Waals surface area (Å²) >= 11 is 0. The quantitative estimate of drug-likeness (QED) is 0.834. The van der Waals surface area contributed by atoms with Gasteiger partial charge in [0.15, 0.2) is 0 Å². The molecule has 2 rings (SSSR count). The molecule has 106 valence electrons. The van der Waals surface area contributed by atoms with E-state index in [1.54, 1.807) is 0 Å². The van der Waals surface area contributed by atoms with Crippen LogP contribution in [0.1, 0.15) is 59.8 Å². The van der Waals surface area contributed by atoms with E-state index in [2.05, 4.69) is 27.7 Å². The molecule has 0 aromatic rings. The summed E-state index contributed by atoms with van der Waals surface area (Å²) in [6, 6.07) is 0.345. The third-order valence-electron chi connectivity index (χ3n) is 5.78. The lowest BCUT2D eigenvalue weighted by Gasteiger charge is -2.36. The largest absolute Gasteiger partial charge is 0.375 e. The second-order valence-electron chi connectivity index (χ2n) is 6.75. The normalized spacial score (nSPS) is 47.2. The maximum absolute atomic E-state index is 6.60. The van der Waals surface area contributed by atoms with E-state index < -0.39 is 0 Å². The Balaban J connectivity index is 1.93. The lowest BCUT2D eigenvalue weighted by atomic mass is 9.71. The topological polar surface area (TPSA) is 35.2 Å². The number of hydrogen-bond acceptors (Lipinski definition) is 2. The van der Waals surface area contributed by atoms with Crippen LogP contribution >= 0.6 is 0 Å². The molecule has 1 heterocycles. The molecule has 0 aromatic carbocycles. The highest BCUT2D eigenvalue weighted by Gasteiger charge is 2.43. The highest BCUT2D eigenvalue weighted by atomic mass is 16.5. The second kappa shape index (κ2) is 5.92. The Bertz CT molecular complexity index is 260. The highest BCUT2D eigenvalue weighted by Crippen LogP contribution is 2.40. The molecule has 5 unspecified atom stereocenters. The van der Waals surface area contributed by atoms with Gasteiger partial charge < -0.3 is 10.5 Å². The van der Waals surface area contributed by atoms with Crippen molar-refractivity contribution in [2.24, 2.45) is 29.4 Å². The van der Waals surface area contributed by atoms with Crippen LogP contribution in [0.2, 0.25) is 0 Å². The first kappa shape index (κ1) is 14.3. The average molecular weight is 253 g/mol. The molecule has 2 nitrogen and oxygen atoms in total. The molecule has 1 saturated heterocycles. The third-order valence-corrected chi connectivity index (χ3v) is 5.78. The number of ether oxygens (including phenoxy) is 1. The van der Waals surface area contributed by atoms with Crippen molar-refractivity contribution >= 4 is 0 Å². The van der Waals surface area contributed by atoms with Gasteiger partial charge >= 0.3 is 0 Å². The molecule has 2 fully saturated rings. The van der Waals surface area contributed by atoms with E-state index in [1.807, 2.05) is 0 Å². The Labute approximate surface area is 113 Å². The summed E-state index contributed by atoms with van der Waals surface area (Å²) in [4.78, 5) is 0. The van der Waals surface area contributed by atoms with Crippen molar-refractivity contribution in [2.75, 3.05) is 0 Å². The summed E-state index contributed by atoms with van der Waals surface area (Å²) in [5.74, 6) is 2.86. The third kappa shape index (κ3) is 2.75. The number of nitrogens with two attached hydrogens (primary N) is 1. The van der Waals surface area contributed by atoms with Crippen LogP contribution in [0, 0.1) is 23.7 Å². The molecular formula is C16H31NO. The zero-order valence-corrected chi connectivity index (χ0v) is 12.6. The first-order valence-corrected chi connectivity index (χ1v) is 7.95. The summed E-state index contributed by atoms with van der Waals surface area (Å²) in [5.41, 5.74) is 6.60. The Morgan fingerprint density at radius 1 is 1.06 bits per heavy atom. The van der Waals surface area contributed by atoms with Gasteiger partial charge in [-0.3, -0.25) is 0 Å². The molecule has 2 aliphatic rings. The van der Waals surface area contributed by atoms with Gasteiger partial charge in [-0.25, -0.2) is 0 Å². The molecule has 18 heavy (non-hydrogen) atoms. The van der Waals surface area contributed by atoms with E-state index in [1.165, 1.54) is 32.1 Å². The Morgan fingerprint density at radius 3 is 2.11 bits per heavy atom. The van der Waals surface area contributed by atoms with Gasteiger partial charge in [0.1, 0.15) is 0 Å². The molecule has 2 N–H and O–H groups in total. The zero-order valence-electron chi connectivity index (χ0n) is 12.6. The fraction of sp³-hybridized carbons (Fsp3) is 1.00. The minimum atomic E-state index is 0.342. The van der Waals surface area contributed by atoms with Crippen molar-refractivity contribution in [3.8, 4) is 0 Å². The minimum absolute atomic E-state index is 0.342. The highest BCUT2D eigenvalue weighted by molar-refractivity contribution is 4.94. The van der Waals surface area contributed by atoms with Crippen LogP contribution < -0.4 is 5.73 Å². The molecule has 2 heteroatoms. The fourth-order valence-electron chi connectivity index (χ4n) is 4.25. The Morgan fingerprint density at radius 2 is 1.67 bits per heavy atom. The first-order valence-electron chi connectivity index (χ1n) is 7.95. The average Bonchev–Trinajstić information content (AvgIpc) is 2.63. The predicted molar refractivity (Wildman–Crippen MR) is 76.4 cm³/mol. The molecule has 5 atom stereocenters. The summed E-state index contributed by atoms with van der Waals surface area (Å²) in [6.45, 7) is 9.04.